The molecule has 0 spiro atoms. The van der Waals surface area contributed by atoms with Gasteiger partial charge in [-0.15, -0.1) is 0 Å². The molecular formula is C22H28O5. The maximum Gasteiger partial charge on any atom is 0.303 e. The minimum Gasteiger partial charge on any atom is -0.497 e. The molecule has 0 radical (unpaired) electrons. The molecule has 0 aliphatic rings. The van der Waals surface area contributed by atoms with Crippen LogP contribution in [0.3, 0.4) is 0 Å². The highest BCUT2D eigenvalue weighted by Gasteiger charge is 2.13. The number of rotatable bonds is 9. The number of carboxylic acids is 1. The normalized spacial score (nSPS) is 11.1. The van der Waals surface area contributed by atoms with E-state index in [0.717, 1.165) is 11.3 Å². The van der Waals surface area contributed by atoms with Crippen LogP contribution in [0.1, 0.15) is 38.3 Å². The van der Waals surface area contributed by atoms with Crippen molar-refractivity contribution in [2.75, 3.05) is 20.3 Å². The van der Waals surface area contributed by atoms with Crippen molar-refractivity contribution < 1.29 is 24.1 Å². The summed E-state index contributed by atoms with van der Waals surface area (Å²) in [5.41, 5.74) is 2.21. The van der Waals surface area contributed by atoms with E-state index in [2.05, 4.69) is 32.9 Å². The molecule has 0 bridgehead atoms. The first-order valence-electron chi connectivity index (χ1n) is 9.04. The zero-order valence-corrected chi connectivity index (χ0v) is 16.5. The predicted molar refractivity (Wildman–Crippen MR) is 105 cm³/mol. The topological polar surface area (TPSA) is 65.0 Å². The maximum atomic E-state index is 10.8. The van der Waals surface area contributed by atoms with Crippen molar-refractivity contribution in [1.29, 1.82) is 0 Å². The van der Waals surface area contributed by atoms with Crippen molar-refractivity contribution in [3.8, 4) is 17.2 Å². The number of carboxylic acid groups (broad SMARTS) is 1. The lowest BCUT2D eigenvalue weighted by Gasteiger charge is -2.19. The van der Waals surface area contributed by atoms with E-state index in [4.69, 9.17) is 19.3 Å². The molecule has 1 N–H and O–H groups in total. The SMILES string of the molecule is COc1ccc(CCC(=O)O)c(OCCOc2ccc(C(C)(C)C)cc2)c1. The summed E-state index contributed by atoms with van der Waals surface area (Å²) >= 11 is 0. The van der Waals surface area contributed by atoms with E-state index in [-0.39, 0.29) is 11.8 Å². The lowest BCUT2D eigenvalue weighted by molar-refractivity contribution is -0.136. The van der Waals surface area contributed by atoms with Crippen LogP contribution < -0.4 is 14.2 Å². The number of hydrogen-bond acceptors (Lipinski definition) is 4. The summed E-state index contributed by atoms with van der Waals surface area (Å²) in [6.45, 7) is 7.27. The first-order valence-corrected chi connectivity index (χ1v) is 9.04. The van der Waals surface area contributed by atoms with Crippen molar-refractivity contribution in [3.05, 3.63) is 53.6 Å². The molecule has 0 atom stereocenters. The highest BCUT2D eigenvalue weighted by atomic mass is 16.5. The third-order valence-corrected chi connectivity index (χ3v) is 4.21. The molecule has 5 heteroatoms. The van der Waals surface area contributed by atoms with Gasteiger partial charge in [0.2, 0.25) is 0 Å². The summed E-state index contributed by atoms with van der Waals surface area (Å²) in [7, 11) is 1.58. The van der Waals surface area contributed by atoms with Crippen LogP contribution in [0.5, 0.6) is 17.2 Å². The number of aryl methyl sites for hydroxylation is 1. The second-order valence-corrected chi connectivity index (χ2v) is 7.34. The summed E-state index contributed by atoms with van der Waals surface area (Å²) in [4.78, 5) is 10.8. The van der Waals surface area contributed by atoms with Crippen molar-refractivity contribution in [2.45, 2.75) is 39.0 Å². The molecule has 0 saturated heterocycles. The van der Waals surface area contributed by atoms with Crippen molar-refractivity contribution in [3.63, 3.8) is 0 Å². The van der Waals surface area contributed by atoms with Crippen LogP contribution in [-0.4, -0.2) is 31.4 Å². The molecule has 0 aromatic heterocycles. The van der Waals surface area contributed by atoms with Crippen LogP contribution in [0, 0.1) is 0 Å². The molecule has 0 aliphatic heterocycles. The molecule has 27 heavy (non-hydrogen) atoms. The quantitative estimate of drug-likeness (QED) is 0.658. The first kappa shape index (κ1) is 20.6. The van der Waals surface area contributed by atoms with Gasteiger partial charge in [0.1, 0.15) is 30.5 Å². The molecule has 0 saturated carbocycles. The standard InChI is InChI=1S/C22H28O5/c1-22(2,3)17-7-10-18(11-8-17)26-13-14-27-20-15-19(25-4)9-5-16(20)6-12-21(23)24/h5,7-11,15H,6,12-14H2,1-4H3,(H,23,24). The molecule has 0 amide bonds. The molecule has 2 rings (SSSR count). The zero-order valence-electron chi connectivity index (χ0n) is 16.5. The van der Waals surface area contributed by atoms with E-state index in [0.29, 0.717) is 31.1 Å². The van der Waals surface area contributed by atoms with Gasteiger partial charge in [0.15, 0.2) is 0 Å². The van der Waals surface area contributed by atoms with Crippen LogP contribution in [0.25, 0.3) is 0 Å². The second-order valence-electron chi connectivity index (χ2n) is 7.34. The van der Waals surface area contributed by atoms with Gasteiger partial charge in [-0.2, -0.15) is 0 Å². The predicted octanol–water partition coefficient (Wildman–Crippen LogP) is 4.47. The minimum atomic E-state index is -0.834. The number of hydrogen-bond donors (Lipinski definition) is 1. The van der Waals surface area contributed by atoms with Crippen LogP contribution in [0.2, 0.25) is 0 Å². The first-order chi connectivity index (χ1) is 12.8. The fourth-order valence-electron chi connectivity index (χ4n) is 2.61. The Morgan fingerprint density at radius 2 is 1.59 bits per heavy atom. The smallest absolute Gasteiger partial charge is 0.303 e. The summed E-state index contributed by atoms with van der Waals surface area (Å²) in [6, 6.07) is 13.5. The zero-order chi connectivity index (χ0) is 19.9. The van der Waals surface area contributed by atoms with Crippen molar-refractivity contribution >= 4 is 5.97 Å². The van der Waals surface area contributed by atoms with Gasteiger partial charge in [-0.1, -0.05) is 39.0 Å². The highest BCUT2D eigenvalue weighted by molar-refractivity contribution is 5.67. The number of carbonyl (C=O) groups is 1. The van der Waals surface area contributed by atoms with Gasteiger partial charge in [0.25, 0.3) is 0 Å². The van der Waals surface area contributed by atoms with Gasteiger partial charge in [-0.3, -0.25) is 4.79 Å². The molecule has 146 valence electrons. The Labute approximate surface area is 160 Å². The lowest BCUT2D eigenvalue weighted by Crippen LogP contribution is -2.12. The number of methoxy groups -OCH3 is 1. The van der Waals surface area contributed by atoms with E-state index in [9.17, 15) is 4.79 Å². The third-order valence-electron chi connectivity index (χ3n) is 4.21. The van der Waals surface area contributed by atoms with Crippen molar-refractivity contribution in [2.24, 2.45) is 0 Å². The average molecular weight is 372 g/mol. The molecule has 0 aliphatic carbocycles. The highest BCUT2D eigenvalue weighted by Crippen LogP contribution is 2.26. The molecule has 0 heterocycles. The monoisotopic (exact) mass is 372 g/mol. The second kappa shape index (κ2) is 9.31. The Balaban J connectivity index is 1.91. The van der Waals surface area contributed by atoms with E-state index in [1.807, 2.05) is 18.2 Å². The molecule has 2 aromatic carbocycles. The Hall–Kier alpha value is -2.69. The Bertz CT molecular complexity index is 744. The summed E-state index contributed by atoms with van der Waals surface area (Å²) in [5, 5.41) is 8.89. The van der Waals surface area contributed by atoms with E-state index < -0.39 is 5.97 Å². The van der Waals surface area contributed by atoms with Gasteiger partial charge >= 0.3 is 5.97 Å². The van der Waals surface area contributed by atoms with E-state index >= 15 is 0 Å². The molecule has 5 nitrogen and oxygen atoms in total. The fourth-order valence-corrected chi connectivity index (χ4v) is 2.61. The largest absolute Gasteiger partial charge is 0.497 e. The van der Waals surface area contributed by atoms with Crippen LogP contribution >= 0.6 is 0 Å². The molecule has 0 fully saturated rings. The number of benzene rings is 2. The molecule has 0 unspecified atom stereocenters. The van der Waals surface area contributed by atoms with Gasteiger partial charge in [0.05, 0.1) is 7.11 Å². The minimum absolute atomic E-state index is 0.0549. The Kier molecular flexibility index (Phi) is 7.11. The summed E-state index contributed by atoms with van der Waals surface area (Å²) < 4.78 is 16.8. The maximum absolute atomic E-state index is 10.8. The van der Waals surface area contributed by atoms with Gasteiger partial charge in [-0.05, 0) is 41.2 Å². The Morgan fingerprint density at radius 1 is 0.963 bits per heavy atom. The van der Waals surface area contributed by atoms with E-state index in [1.54, 1.807) is 19.2 Å². The number of ether oxygens (including phenoxy) is 3. The molecule has 2 aromatic rings. The molecular weight excluding hydrogens is 344 g/mol. The van der Waals surface area contributed by atoms with E-state index in [1.165, 1.54) is 5.56 Å². The fraction of sp³-hybridized carbons (Fsp3) is 0.409. The number of aliphatic carboxylic acids is 1. The van der Waals surface area contributed by atoms with Crippen LogP contribution in [0.15, 0.2) is 42.5 Å². The van der Waals surface area contributed by atoms with Crippen LogP contribution in [-0.2, 0) is 16.6 Å². The van der Waals surface area contributed by atoms with Crippen LogP contribution in [0.4, 0.5) is 0 Å². The summed E-state index contributed by atoms with van der Waals surface area (Å²) in [6.07, 6.45) is 0.461. The van der Waals surface area contributed by atoms with Crippen molar-refractivity contribution in [1.82, 2.24) is 0 Å². The third kappa shape index (κ3) is 6.51. The van der Waals surface area contributed by atoms with Gasteiger partial charge < -0.3 is 19.3 Å². The lowest BCUT2D eigenvalue weighted by atomic mass is 9.87. The Morgan fingerprint density at radius 3 is 2.19 bits per heavy atom. The average Bonchev–Trinajstić information content (AvgIpc) is 2.63. The summed E-state index contributed by atoms with van der Waals surface area (Å²) in [5.74, 6) is 1.26. The van der Waals surface area contributed by atoms with Gasteiger partial charge in [0, 0.05) is 12.5 Å². The van der Waals surface area contributed by atoms with Gasteiger partial charge in [-0.25, -0.2) is 0 Å².